The van der Waals surface area contributed by atoms with Gasteiger partial charge in [0.15, 0.2) is 6.10 Å². The molecular weight excluding hydrogens is 394 g/mol. The van der Waals surface area contributed by atoms with Crippen LogP contribution in [0.4, 0.5) is 0 Å². The summed E-state index contributed by atoms with van der Waals surface area (Å²) in [5, 5.41) is 33.7. The van der Waals surface area contributed by atoms with E-state index in [0.717, 1.165) is 7.11 Å². The Morgan fingerprint density at radius 1 is 1.27 bits per heavy atom. The lowest BCUT2D eigenvalue weighted by molar-refractivity contribution is -0.163. The van der Waals surface area contributed by atoms with E-state index in [1.165, 1.54) is 31.2 Å². The Bertz CT molecular complexity index is 940. The molecule has 0 unspecified atom stereocenters. The van der Waals surface area contributed by atoms with Crippen molar-refractivity contribution in [3.05, 3.63) is 59.4 Å². The number of carbonyl (C=O) groups is 3. The zero-order valence-electron chi connectivity index (χ0n) is 16.7. The molecule has 0 radical (unpaired) electrons. The van der Waals surface area contributed by atoms with E-state index >= 15 is 0 Å². The van der Waals surface area contributed by atoms with Gasteiger partial charge in [-0.2, -0.15) is 0 Å². The lowest BCUT2D eigenvalue weighted by Crippen LogP contribution is -2.60. The fourth-order valence-corrected chi connectivity index (χ4v) is 3.74. The maximum Gasteiger partial charge on any atom is 0.278 e. The number of amides is 1. The first-order valence-corrected chi connectivity index (χ1v) is 9.26. The highest BCUT2D eigenvalue weighted by Gasteiger charge is 2.74. The normalized spacial score (nSPS) is 30.7. The molecule has 1 aromatic carbocycles. The Morgan fingerprint density at radius 3 is 2.47 bits per heavy atom. The first-order chi connectivity index (χ1) is 14.2. The van der Waals surface area contributed by atoms with Crippen molar-refractivity contribution < 1.29 is 39.2 Å². The molecule has 5 atom stereocenters. The van der Waals surface area contributed by atoms with E-state index < -0.39 is 47.1 Å². The molecule has 9 nitrogen and oxygen atoms in total. The molecule has 1 aromatic rings. The number of ether oxygens (including phenoxy) is 2. The van der Waals surface area contributed by atoms with Crippen molar-refractivity contribution in [1.82, 2.24) is 5.32 Å². The number of nitrogens with one attached hydrogen (secondary N) is 1. The number of rotatable bonds is 6. The van der Waals surface area contributed by atoms with Crippen LogP contribution >= 0.6 is 0 Å². The zero-order chi connectivity index (χ0) is 22.3. The largest absolute Gasteiger partial charge is 0.467 e. The molecule has 2 aliphatic heterocycles. The van der Waals surface area contributed by atoms with Crippen molar-refractivity contribution in [2.45, 2.75) is 43.5 Å². The van der Waals surface area contributed by atoms with Crippen LogP contribution in [0, 0.1) is 0 Å². The van der Waals surface area contributed by atoms with E-state index in [-0.39, 0.29) is 16.9 Å². The van der Waals surface area contributed by atoms with Crippen molar-refractivity contribution >= 4 is 17.5 Å². The molecule has 30 heavy (non-hydrogen) atoms. The predicted molar refractivity (Wildman–Crippen MR) is 103 cm³/mol. The summed E-state index contributed by atoms with van der Waals surface area (Å²) in [6, 6.07) is 7.81. The molecule has 1 saturated heterocycles. The summed E-state index contributed by atoms with van der Waals surface area (Å²) in [5.74, 6) is -3.17. The maximum absolute atomic E-state index is 13.1. The van der Waals surface area contributed by atoms with Gasteiger partial charge in [0.1, 0.15) is 18.0 Å². The first-order valence-electron chi connectivity index (χ1n) is 9.26. The summed E-state index contributed by atoms with van der Waals surface area (Å²) >= 11 is 0. The molecule has 0 bridgehead atoms. The van der Waals surface area contributed by atoms with E-state index in [1.54, 1.807) is 25.1 Å². The van der Waals surface area contributed by atoms with Gasteiger partial charge in [-0.25, -0.2) is 0 Å². The number of carbonyl (C=O) groups excluding carboxylic acids is 3. The number of Topliss-reactive ketones (excluding diaryl/α,β-unsaturated/α-hetero) is 2. The Balaban J connectivity index is 2.02. The number of ketones is 2. The fraction of sp³-hybridized carbons (Fsp3) is 0.381. The number of allylic oxidation sites excluding steroid dienone is 1. The number of methoxy groups -OCH3 is 1. The molecule has 9 heteroatoms. The van der Waals surface area contributed by atoms with Crippen molar-refractivity contribution in [2.75, 3.05) is 7.11 Å². The summed E-state index contributed by atoms with van der Waals surface area (Å²) in [4.78, 5) is 39.0. The Morgan fingerprint density at radius 2 is 1.90 bits per heavy atom. The van der Waals surface area contributed by atoms with Crippen LogP contribution in [0.2, 0.25) is 0 Å². The summed E-state index contributed by atoms with van der Waals surface area (Å²) in [5.41, 5.74) is -4.83. The van der Waals surface area contributed by atoms with Gasteiger partial charge in [-0.15, -0.1) is 0 Å². The third kappa shape index (κ3) is 2.90. The molecule has 0 aliphatic carbocycles. The molecule has 3 rings (SSSR count). The highest BCUT2D eigenvalue weighted by Crippen LogP contribution is 2.44. The van der Waals surface area contributed by atoms with Gasteiger partial charge < -0.3 is 30.1 Å². The average Bonchev–Trinajstić information content (AvgIpc) is 3.15. The summed E-state index contributed by atoms with van der Waals surface area (Å²) in [6.45, 7) is 2.92. The summed E-state index contributed by atoms with van der Waals surface area (Å²) in [7, 11) is 1.11. The fourth-order valence-electron chi connectivity index (χ4n) is 3.74. The van der Waals surface area contributed by atoms with E-state index in [2.05, 4.69) is 5.32 Å². The van der Waals surface area contributed by atoms with Crippen LogP contribution in [-0.2, 0) is 19.1 Å². The number of benzene rings is 1. The lowest BCUT2D eigenvalue weighted by atomic mass is 9.85. The molecular formula is C21H23NO8. The van der Waals surface area contributed by atoms with Crippen molar-refractivity contribution in [1.29, 1.82) is 0 Å². The third-order valence-corrected chi connectivity index (χ3v) is 5.40. The molecule has 1 fully saturated rings. The first kappa shape index (κ1) is 21.8. The third-order valence-electron chi connectivity index (χ3n) is 5.40. The quantitative estimate of drug-likeness (QED) is 0.279. The van der Waals surface area contributed by atoms with Crippen molar-refractivity contribution in [3.63, 3.8) is 0 Å². The summed E-state index contributed by atoms with van der Waals surface area (Å²) < 4.78 is 10.8. The van der Waals surface area contributed by atoms with Crippen LogP contribution in [0.3, 0.4) is 0 Å². The van der Waals surface area contributed by atoms with E-state index in [0.29, 0.717) is 0 Å². The monoisotopic (exact) mass is 417 g/mol. The SMILES string of the molecule is C/C=C/[C@H](O)[C@H](O)C1=C(C)C(=O)[C@]2(O1)C(=O)N[C@@](OC)(C(=O)c1ccccc1)[C@@H]2O. The van der Waals surface area contributed by atoms with Crippen LogP contribution in [0.25, 0.3) is 0 Å². The zero-order valence-corrected chi connectivity index (χ0v) is 16.7. The Hall–Kier alpha value is -2.85. The Labute approximate surface area is 172 Å². The Kier molecular flexibility index (Phi) is 5.66. The second-order valence-electron chi connectivity index (χ2n) is 7.11. The van der Waals surface area contributed by atoms with Gasteiger partial charge in [-0.05, 0) is 13.8 Å². The number of aliphatic hydroxyl groups is 3. The smallest absolute Gasteiger partial charge is 0.278 e. The average molecular weight is 417 g/mol. The molecule has 1 amide bonds. The summed E-state index contributed by atoms with van der Waals surface area (Å²) in [6.07, 6.45) is -2.38. The molecule has 1 spiro atoms. The van der Waals surface area contributed by atoms with Crippen molar-refractivity contribution in [2.24, 2.45) is 0 Å². The topological polar surface area (TPSA) is 142 Å². The van der Waals surface area contributed by atoms with E-state index in [4.69, 9.17) is 9.47 Å². The second kappa shape index (κ2) is 7.77. The van der Waals surface area contributed by atoms with Gasteiger partial charge >= 0.3 is 0 Å². The number of aliphatic hydroxyl groups excluding tert-OH is 3. The van der Waals surface area contributed by atoms with E-state index in [9.17, 15) is 29.7 Å². The van der Waals surface area contributed by atoms with Gasteiger partial charge in [-0.3, -0.25) is 14.4 Å². The van der Waals surface area contributed by atoms with Crippen LogP contribution in [0.1, 0.15) is 24.2 Å². The molecule has 2 aliphatic rings. The molecule has 0 aromatic heterocycles. The van der Waals surface area contributed by atoms with Crippen LogP contribution in [0.15, 0.2) is 53.8 Å². The highest BCUT2D eigenvalue weighted by molar-refractivity contribution is 6.23. The minimum atomic E-state index is -2.53. The van der Waals surface area contributed by atoms with Gasteiger partial charge in [0.2, 0.25) is 17.3 Å². The lowest BCUT2D eigenvalue weighted by Gasteiger charge is -2.32. The standard InChI is InChI=1S/C21H23NO8/c1-4-8-13(23)14(24)15-11(2)16(25)20(30-15)18(27)21(29-3,22-19(20)28)17(26)12-9-6-5-7-10-12/h4-10,13-14,18,23-24,27H,1-3H3,(H,22,28)/b8-4+/t13-,14-,18+,20+,21+/m0/s1. The maximum atomic E-state index is 13.1. The van der Waals surface area contributed by atoms with Gasteiger partial charge in [0, 0.05) is 18.2 Å². The van der Waals surface area contributed by atoms with Crippen LogP contribution in [0.5, 0.6) is 0 Å². The highest BCUT2D eigenvalue weighted by atomic mass is 16.6. The predicted octanol–water partition coefficient (Wildman–Crippen LogP) is -0.387. The van der Waals surface area contributed by atoms with Gasteiger partial charge in [0.25, 0.3) is 11.5 Å². The van der Waals surface area contributed by atoms with Gasteiger partial charge in [-0.1, -0.05) is 42.5 Å². The number of hydrogen-bond acceptors (Lipinski definition) is 8. The second-order valence-corrected chi connectivity index (χ2v) is 7.11. The van der Waals surface area contributed by atoms with E-state index in [1.807, 2.05) is 0 Å². The molecule has 0 saturated carbocycles. The molecule has 4 N–H and O–H groups in total. The molecule has 2 heterocycles. The molecule has 160 valence electrons. The van der Waals surface area contributed by atoms with Gasteiger partial charge in [0.05, 0.1) is 0 Å². The minimum absolute atomic E-state index is 0.134. The van der Waals surface area contributed by atoms with Crippen LogP contribution < -0.4 is 5.32 Å². The minimum Gasteiger partial charge on any atom is -0.467 e. The van der Waals surface area contributed by atoms with Crippen molar-refractivity contribution in [3.8, 4) is 0 Å². The number of hydrogen-bond donors (Lipinski definition) is 4. The van der Waals surface area contributed by atoms with Crippen LogP contribution in [-0.4, -0.2) is 69.5 Å².